The molecule has 0 saturated carbocycles. The van der Waals surface area contributed by atoms with Crippen LogP contribution in [-0.2, 0) is 6.54 Å². The number of nitrogens with one attached hydrogen (secondary N) is 2. The van der Waals surface area contributed by atoms with Crippen LogP contribution in [0.3, 0.4) is 0 Å². The molecule has 1 fully saturated rings. The van der Waals surface area contributed by atoms with E-state index in [1.54, 1.807) is 7.05 Å². The zero-order valence-corrected chi connectivity index (χ0v) is 18.5. The van der Waals surface area contributed by atoms with Gasteiger partial charge in [0.05, 0.1) is 17.9 Å². The van der Waals surface area contributed by atoms with Crippen LogP contribution in [0.2, 0.25) is 0 Å². The van der Waals surface area contributed by atoms with Gasteiger partial charge >= 0.3 is 0 Å². The molecule has 0 bridgehead atoms. The molecule has 28 heavy (non-hydrogen) atoms. The van der Waals surface area contributed by atoms with Crippen LogP contribution in [0.4, 0.5) is 14.5 Å². The van der Waals surface area contributed by atoms with E-state index >= 15 is 0 Å². The minimum absolute atomic E-state index is 0. The van der Waals surface area contributed by atoms with Crippen LogP contribution >= 0.6 is 24.0 Å². The Kier molecular flexibility index (Phi) is 8.02. The van der Waals surface area contributed by atoms with E-state index < -0.39 is 11.6 Å². The van der Waals surface area contributed by atoms with Crippen molar-refractivity contribution >= 4 is 35.6 Å². The lowest BCUT2D eigenvalue weighted by molar-refractivity contribution is 0.371. The summed E-state index contributed by atoms with van der Waals surface area (Å²) in [5, 5.41) is 10.6. The molecule has 1 aliphatic rings. The molecule has 2 aromatic rings. The number of guanidine groups is 1. The Hall–Kier alpha value is -1.91. The van der Waals surface area contributed by atoms with Gasteiger partial charge in [0.15, 0.2) is 11.7 Å². The fourth-order valence-electron chi connectivity index (χ4n) is 3.08. The molecule has 1 atom stereocenters. The number of benzene rings is 1. The van der Waals surface area contributed by atoms with Crippen LogP contribution in [-0.4, -0.2) is 37.3 Å². The van der Waals surface area contributed by atoms with Gasteiger partial charge in [-0.2, -0.15) is 0 Å². The predicted molar refractivity (Wildman–Crippen MR) is 116 cm³/mol. The Bertz CT molecular complexity index is 811. The van der Waals surface area contributed by atoms with Crippen molar-refractivity contribution in [1.29, 1.82) is 0 Å². The van der Waals surface area contributed by atoms with E-state index in [-0.39, 0.29) is 30.0 Å². The summed E-state index contributed by atoms with van der Waals surface area (Å²) < 4.78 is 32.4. The molecule has 0 spiro atoms. The number of nitrogens with zero attached hydrogens (tertiary/aromatic N) is 3. The van der Waals surface area contributed by atoms with Gasteiger partial charge in [-0.05, 0) is 24.5 Å². The summed E-state index contributed by atoms with van der Waals surface area (Å²) in [7, 11) is 1.70. The monoisotopic (exact) mass is 505 g/mol. The van der Waals surface area contributed by atoms with Gasteiger partial charge in [-0.15, -0.1) is 24.0 Å². The summed E-state index contributed by atoms with van der Waals surface area (Å²) in [6.07, 6.45) is 0.831. The van der Waals surface area contributed by atoms with E-state index in [0.29, 0.717) is 37.2 Å². The normalized spacial score (nSPS) is 17.0. The third kappa shape index (κ3) is 5.55. The molecule has 1 aromatic heterocycles. The maximum atomic E-state index is 14.0. The molecule has 0 amide bonds. The van der Waals surface area contributed by atoms with Crippen LogP contribution in [0.15, 0.2) is 33.8 Å². The minimum Gasteiger partial charge on any atom is -0.367 e. The summed E-state index contributed by atoms with van der Waals surface area (Å²) in [6, 6.07) is 5.72. The van der Waals surface area contributed by atoms with Crippen LogP contribution < -0.4 is 15.5 Å². The third-order valence-corrected chi connectivity index (χ3v) is 4.60. The van der Waals surface area contributed by atoms with Crippen molar-refractivity contribution in [2.45, 2.75) is 38.8 Å². The minimum atomic E-state index is -0.567. The average molecular weight is 505 g/mol. The first-order valence-corrected chi connectivity index (χ1v) is 9.09. The highest BCUT2D eigenvalue weighted by Gasteiger charge is 2.25. The van der Waals surface area contributed by atoms with E-state index in [4.69, 9.17) is 4.52 Å². The fourth-order valence-corrected chi connectivity index (χ4v) is 3.08. The summed E-state index contributed by atoms with van der Waals surface area (Å²) in [5.41, 5.74) is 1.34. The Morgan fingerprint density at radius 1 is 1.36 bits per heavy atom. The van der Waals surface area contributed by atoms with Crippen LogP contribution in [0, 0.1) is 11.6 Å². The van der Waals surface area contributed by atoms with E-state index in [1.807, 2.05) is 11.0 Å². The molecule has 2 N–H and O–H groups in total. The van der Waals surface area contributed by atoms with Crippen molar-refractivity contribution in [3.63, 3.8) is 0 Å². The Labute approximate surface area is 180 Å². The predicted octanol–water partition coefficient (Wildman–Crippen LogP) is 3.64. The first-order chi connectivity index (χ1) is 13.0. The van der Waals surface area contributed by atoms with Crippen molar-refractivity contribution in [2.75, 3.05) is 25.0 Å². The molecule has 1 aliphatic heterocycles. The standard InChI is InChI=1S/C19H25F2N5O.HI/c1-12(2)17-9-15(27-25-17)10-23-19(22-3)24-14-6-7-26(11-14)18-5-4-13(20)8-16(18)21;/h4-5,8-9,12,14H,6-7,10-11H2,1-3H3,(H2,22,23,24);1H. The summed E-state index contributed by atoms with van der Waals surface area (Å²) in [6.45, 7) is 5.90. The van der Waals surface area contributed by atoms with Gasteiger partial charge in [-0.1, -0.05) is 19.0 Å². The van der Waals surface area contributed by atoms with Gasteiger partial charge < -0.3 is 20.1 Å². The van der Waals surface area contributed by atoms with Gasteiger partial charge in [0.25, 0.3) is 0 Å². The number of rotatable bonds is 5. The van der Waals surface area contributed by atoms with Gasteiger partial charge in [-0.25, -0.2) is 8.78 Å². The SMILES string of the molecule is CN=C(NCc1cc(C(C)C)no1)NC1CCN(c2ccc(F)cc2F)C1.I. The Morgan fingerprint density at radius 2 is 2.14 bits per heavy atom. The average Bonchev–Trinajstić information content (AvgIpc) is 3.28. The highest BCUT2D eigenvalue weighted by Crippen LogP contribution is 2.24. The van der Waals surface area contributed by atoms with E-state index in [2.05, 4.69) is 34.6 Å². The van der Waals surface area contributed by atoms with Crippen LogP contribution in [0.25, 0.3) is 0 Å². The molecule has 9 heteroatoms. The second kappa shape index (κ2) is 10.0. The molecule has 3 rings (SSSR count). The highest BCUT2D eigenvalue weighted by molar-refractivity contribution is 14.0. The lowest BCUT2D eigenvalue weighted by Gasteiger charge is -2.20. The maximum Gasteiger partial charge on any atom is 0.191 e. The summed E-state index contributed by atoms with van der Waals surface area (Å²) in [5.74, 6) is 0.593. The van der Waals surface area contributed by atoms with Crippen LogP contribution in [0.5, 0.6) is 0 Å². The zero-order valence-electron chi connectivity index (χ0n) is 16.2. The number of aromatic nitrogens is 1. The first-order valence-electron chi connectivity index (χ1n) is 9.09. The molecule has 1 aromatic carbocycles. The maximum absolute atomic E-state index is 14.0. The third-order valence-electron chi connectivity index (χ3n) is 4.60. The molecule has 1 saturated heterocycles. The lowest BCUT2D eigenvalue weighted by atomic mass is 10.1. The van der Waals surface area contributed by atoms with Gasteiger partial charge in [0.1, 0.15) is 11.6 Å². The number of hydrogen-bond donors (Lipinski definition) is 2. The first kappa shape index (κ1) is 22.4. The summed E-state index contributed by atoms with van der Waals surface area (Å²) >= 11 is 0. The second-order valence-electron chi connectivity index (χ2n) is 6.97. The molecule has 1 unspecified atom stereocenters. The van der Waals surface area contributed by atoms with Crippen molar-refractivity contribution in [2.24, 2.45) is 4.99 Å². The van der Waals surface area contributed by atoms with Crippen molar-refractivity contribution in [1.82, 2.24) is 15.8 Å². The number of halogens is 3. The largest absolute Gasteiger partial charge is 0.367 e. The molecule has 0 radical (unpaired) electrons. The van der Waals surface area contributed by atoms with Crippen LogP contribution in [0.1, 0.15) is 37.6 Å². The number of hydrogen-bond acceptors (Lipinski definition) is 4. The molecule has 154 valence electrons. The Balaban J connectivity index is 0.00000280. The second-order valence-corrected chi connectivity index (χ2v) is 6.97. The van der Waals surface area contributed by atoms with Gasteiger partial charge in [-0.3, -0.25) is 4.99 Å². The smallest absolute Gasteiger partial charge is 0.191 e. The lowest BCUT2D eigenvalue weighted by Crippen LogP contribution is -2.44. The number of anilines is 1. The Morgan fingerprint density at radius 3 is 2.79 bits per heavy atom. The summed E-state index contributed by atoms with van der Waals surface area (Å²) in [4.78, 5) is 6.13. The van der Waals surface area contributed by atoms with E-state index in [1.165, 1.54) is 12.1 Å². The molecule has 2 heterocycles. The topological polar surface area (TPSA) is 65.7 Å². The van der Waals surface area contributed by atoms with Crippen molar-refractivity contribution in [3.05, 3.63) is 47.4 Å². The quantitative estimate of drug-likeness (QED) is 0.369. The molecule has 0 aliphatic carbocycles. The molecular formula is C19H26F2IN5O. The molecule has 6 nitrogen and oxygen atoms in total. The highest BCUT2D eigenvalue weighted by atomic mass is 127. The fraction of sp³-hybridized carbons (Fsp3) is 0.474. The number of aliphatic imine (C=N–C) groups is 1. The van der Waals surface area contributed by atoms with Gasteiger partial charge in [0, 0.05) is 38.3 Å². The van der Waals surface area contributed by atoms with E-state index in [9.17, 15) is 8.78 Å². The van der Waals surface area contributed by atoms with E-state index in [0.717, 1.165) is 23.9 Å². The molecular weight excluding hydrogens is 479 g/mol. The van der Waals surface area contributed by atoms with Gasteiger partial charge in [0.2, 0.25) is 0 Å². The van der Waals surface area contributed by atoms with Crippen molar-refractivity contribution in [3.8, 4) is 0 Å². The zero-order chi connectivity index (χ0) is 19.4. The van der Waals surface area contributed by atoms with Crippen molar-refractivity contribution < 1.29 is 13.3 Å².